The van der Waals surface area contributed by atoms with Crippen LogP contribution in [0.3, 0.4) is 0 Å². The highest BCUT2D eigenvalue weighted by Crippen LogP contribution is 2.40. The summed E-state index contributed by atoms with van der Waals surface area (Å²) in [5.74, 6) is 1.82. The second-order valence-electron chi connectivity index (χ2n) is 12.4. The Balaban J connectivity index is 1.17. The van der Waals surface area contributed by atoms with Crippen molar-refractivity contribution in [2.45, 2.75) is 0 Å². The lowest BCUT2D eigenvalue weighted by Crippen LogP contribution is -2.01. The summed E-state index contributed by atoms with van der Waals surface area (Å²) in [7, 11) is 0. The number of fused-ring (bicyclic) bond motifs is 6. The Morgan fingerprint density at radius 1 is 0.380 bits per heavy atom. The van der Waals surface area contributed by atoms with Gasteiger partial charge in [0.05, 0.1) is 22.1 Å². The van der Waals surface area contributed by atoms with E-state index in [1.165, 1.54) is 10.8 Å². The van der Waals surface area contributed by atoms with Gasteiger partial charge in [-0.1, -0.05) is 133 Å². The fourth-order valence-electron chi connectivity index (χ4n) is 7.20. The third-order valence-corrected chi connectivity index (χ3v) is 9.47. The topological polar surface area (TPSA) is 56.7 Å². The van der Waals surface area contributed by atoms with Gasteiger partial charge in [-0.3, -0.25) is 0 Å². The molecule has 0 saturated carbocycles. The van der Waals surface area contributed by atoms with Crippen molar-refractivity contribution < 1.29 is 4.42 Å². The molecule has 0 fully saturated rings. The average Bonchev–Trinajstić information content (AvgIpc) is 3.74. The Hall–Kier alpha value is -6.85. The second-order valence-corrected chi connectivity index (χ2v) is 12.4. The lowest BCUT2D eigenvalue weighted by Gasteiger charge is -2.12. The van der Waals surface area contributed by atoms with Crippen LogP contribution in [-0.4, -0.2) is 19.5 Å². The lowest BCUT2D eigenvalue weighted by molar-refractivity contribution is 0.669. The van der Waals surface area contributed by atoms with Crippen LogP contribution in [0.5, 0.6) is 0 Å². The first-order chi connectivity index (χ1) is 24.8. The van der Waals surface area contributed by atoms with Crippen LogP contribution < -0.4 is 0 Å². The zero-order chi connectivity index (χ0) is 33.0. The van der Waals surface area contributed by atoms with Gasteiger partial charge in [0.1, 0.15) is 11.2 Å². The molecule has 0 N–H and O–H groups in total. The van der Waals surface area contributed by atoms with E-state index >= 15 is 0 Å². The van der Waals surface area contributed by atoms with Gasteiger partial charge in [-0.25, -0.2) is 15.0 Å². The summed E-state index contributed by atoms with van der Waals surface area (Å²) in [5, 5.41) is 4.56. The lowest BCUT2D eigenvalue weighted by atomic mass is 9.99. The van der Waals surface area contributed by atoms with Crippen LogP contribution in [0, 0.1) is 0 Å². The summed E-state index contributed by atoms with van der Waals surface area (Å²) in [6.07, 6.45) is 0. The van der Waals surface area contributed by atoms with Crippen LogP contribution in [0.15, 0.2) is 174 Å². The molecule has 0 atom stereocenters. The minimum atomic E-state index is 0.585. The average molecular weight is 641 g/mol. The van der Waals surface area contributed by atoms with E-state index in [2.05, 4.69) is 126 Å². The number of para-hydroxylation sites is 2. The summed E-state index contributed by atoms with van der Waals surface area (Å²) in [6.45, 7) is 0. The minimum Gasteiger partial charge on any atom is -0.456 e. The SMILES string of the molecule is c1ccc(-c2nc(-c3ccc4c(c3)oc3cccc(-n5c6ccccc6c6ccccc65)c34)nc(-c3ccccc3-c3ccccc3)n2)cc1. The molecule has 0 aliphatic rings. The Bertz CT molecular complexity index is 2820. The Kier molecular flexibility index (Phi) is 6.42. The van der Waals surface area contributed by atoms with Gasteiger partial charge in [0.15, 0.2) is 17.5 Å². The number of aromatic nitrogens is 4. The first kappa shape index (κ1) is 28.2. The first-order valence-electron chi connectivity index (χ1n) is 16.7. The van der Waals surface area contributed by atoms with Crippen LogP contribution in [-0.2, 0) is 0 Å². The molecule has 10 rings (SSSR count). The van der Waals surface area contributed by atoms with E-state index in [1.807, 2.05) is 48.5 Å². The molecule has 0 spiro atoms. The van der Waals surface area contributed by atoms with E-state index in [1.54, 1.807) is 0 Å². The molecule has 0 radical (unpaired) electrons. The molecule has 234 valence electrons. The Labute approximate surface area is 287 Å². The molecule has 0 bridgehead atoms. The van der Waals surface area contributed by atoms with Gasteiger partial charge < -0.3 is 8.98 Å². The van der Waals surface area contributed by atoms with Gasteiger partial charge in [0, 0.05) is 32.8 Å². The monoisotopic (exact) mass is 640 g/mol. The van der Waals surface area contributed by atoms with Crippen LogP contribution in [0.25, 0.3) is 94.7 Å². The maximum absolute atomic E-state index is 6.60. The molecule has 10 aromatic rings. The van der Waals surface area contributed by atoms with Crippen LogP contribution in [0.2, 0.25) is 0 Å². The van der Waals surface area contributed by atoms with E-state index < -0.39 is 0 Å². The van der Waals surface area contributed by atoms with Gasteiger partial charge in [-0.15, -0.1) is 0 Å². The number of hydrogen-bond donors (Lipinski definition) is 0. The van der Waals surface area contributed by atoms with Crippen LogP contribution >= 0.6 is 0 Å². The normalized spacial score (nSPS) is 11.6. The number of benzene rings is 7. The Morgan fingerprint density at radius 3 is 1.68 bits per heavy atom. The molecule has 7 aromatic carbocycles. The summed E-state index contributed by atoms with van der Waals surface area (Å²) >= 11 is 0. The van der Waals surface area contributed by atoms with Crippen molar-refractivity contribution in [3.8, 4) is 51.0 Å². The molecule has 0 saturated heterocycles. The zero-order valence-corrected chi connectivity index (χ0v) is 26.9. The number of furan rings is 1. The molecule has 0 aliphatic heterocycles. The standard InChI is InChI=1S/C45H28N4O/c1-3-14-29(15-4-1)32-18-7-8-21-35(32)45-47-43(30-16-5-2-6-17-30)46-44(48-45)31-26-27-36-41(28-31)50-40-25-13-24-39(42(36)40)49-37-22-11-9-19-33(37)34-20-10-12-23-38(34)49/h1-28H. The first-order valence-corrected chi connectivity index (χ1v) is 16.7. The molecule has 0 aliphatic carbocycles. The Morgan fingerprint density at radius 2 is 0.960 bits per heavy atom. The number of rotatable bonds is 5. The summed E-state index contributed by atoms with van der Waals surface area (Å²) in [6, 6.07) is 58.5. The van der Waals surface area contributed by atoms with Crippen molar-refractivity contribution in [2.75, 3.05) is 0 Å². The largest absolute Gasteiger partial charge is 0.456 e. The fraction of sp³-hybridized carbons (Fsp3) is 0. The molecule has 0 unspecified atom stereocenters. The molecular formula is C45H28N4O. The molecule has 50 heavy (non-hydrogen) atoms. The molecule has 5 heteroatoms. The summed E-state index contributed by atoms with van der Waals surface area (Å²) in [5.41, 5.74) is 9.90. The fourth-order valence-corrected chi connectivity index (χ4v) is 7.20. The molecule has 3 heterocycles. The quantitative estimate of drug-likeness (QED) is 0.188. The maximum Gasteiger partial charge on any atom is 0.164 e. The number of nitrogens with zero attached hydrogens (tertiary/aromatic N) is 4. The highest BCUT2D eigenvalue weighted by Gasteiger charge is 2.20. The molecule has 0 amide bonds. The van der Waals surface area contributed by atoms with Crippen molar-refractivity contribution in [2.24, 2.45) is 0 Å². The van der Waals surface area contributed by atoms with Crippen molar-refractivity contribution >= 4 is 43.7 Å². The highest BCUT2D eigenvalue weighted by atomic mass is 16.3. The minimum absolute atomic E-state index is 0.585. The highest BCUT2D eigenvalue weighted by molar-refractivity contribution is 6.14. The van der Waals surface area contributed by atoms with Crippen molar-refractivity contribution in [1.29, 1.82) is 0 Å². The molecular weight excluding hydrogens is 613 g/mol. The van der Waals surface area contributed by atoms with Gasteiger partial charge in [0.2, 0.25) is 0 Å². The van der Waals surface area contributed by atoms with Gasteiger partial charge >= 0.3 is 0 Å². The third kappa shape index (κ3) is 4.52. The smallest absolute Gasteiger partial charge is 0.164 e. The molecule has 3 aromatic heterocycles. The third-order valence-electron chi connectivity index (χ3n) is 9.47. The van der Waals surface area contributed by atoms with Crippen molar-refractivity contribution in [3.63, 3.8) is 0 Å². The van der Waals surface area contributed by atoms with E-state index in [9.17, 15) is 0 Å². The van der Waals surface area contributed by atoms with Crippen LogP contribution in [0.4, 0.5) is 0 Å². The van der Waals surface area contributed by atoms with Gasteiger partial charge in [-0.2, -0.15) is 0 Å². The van der Waals surface area contributed by atoms with Crippen molar-refractivity contribution in [1.82, 2.24) is 19.5 Å². The van der Waals surface area contributed by atoms with Gasteiger partial charge in [-0.05, 0) is 47.5 Å². The zero-order valence-electron chi connectivity index (χ0n) is 26.9. The van der Waals surface area contributed by atoms with Crippen LogP contribution in [0.1, 0.15) is 0 Å². The van der Waals surface area contributed by atoms with E-state index in [0.29, 0.717) is 17.5 Å². The van der Waals surface area contributed by atoms with E-state index in [0.717, 1.165) is 66.5 Å². The maximum atomic E-state index is 6.60. The predicted molar refractivity (Wildman–Crippen MR) is 203 cm³/mol. The summed E-state index contributed by atoms with van der Waals surface area (Å²) in [4.78, 5) is 15.1. The van der Waals surface area contributed by atoms with Crippen molar-refractivity contribution in [3.05, 3.63) is 170 Å². The second kappa shape index (κ2) is 11.4. The summed E-state index contributed by atoms with van der Waals surface area (Å²) < 4.78 is 8.95. The molecule has 5 nitrogen and oxygen atoms in total. The predicted octanol–water partition coefficient (Wildman–Crippen LogP) is 11.5. The van der Waals surface area contributed by atoms with Gasteiger partial charge in [0.25, 0.3) is 0 Å². The van der Waals surface area contributed by atoms with E-state index in [4.69, 9.17) is 19.4 Å². The number of hydrogen-bond acceptors (Lipinski definition) is 4. The van der Waals surface area contributed by atoms with E-state index in [-0.39, 0.29) is 0 Å².